The minimum absolute atomic E-state index is 0.413. The summed E-state index contributed by atoms with van der Waals surface area (Å²) < 4.78 is 4.87. The van der Waals surface area contributed by atoms with Crippen LogP contribution < -0.4 is 11.1 Å². The minimum Gasteiger partial charge on any atom is -0.366 e. The second-order valence-corrected chi connectivity index (χ2v) is 3.78. The summed E-state index contributed by atoms with van der Waals surface area (Å²) in [6.45, 7) is 1.27. The number of hydrogen-bond donors (Lipinski definition) is 2. The van der Waals surface area contributed by atoms with Gasteiger partial charge >= 0.3 is 0 Å². The third-order valence-corrected chi connectivity index (χ3v) is 2.52. The molecule has 1 aromatic carbocycles. The second-order valence-electron chi connectivity index (χ2n) is 3.78. The van der Waals surface area contributed by atoms with E-state index in [-0.39, 0.29) is 0 Å². The average Bonchev–Trinajstić information content (AvgIpc) is 2.88. The zero-order valence-electron chi connectivity index (χ0n) is 9.80. The Labute approximate surface area is 104 Å². The molecule has 0 aliphatic rings. The molecule has 1 heterocycles. The van der Waals surface area contributed by atoms with Crippen LogP contribution in [-0.2, 0) is 13.0 Å². The summed E-state index contributed by atoms with van der Waals surface area (Å²) in [5, 5.41) is 6.72. The molecular weight excluding hydrogens is 232 g/mol. The van der Waals surface area contributed by atoms with Gasteiger partial charge in [0.1, 0.15) is 0 Å². The zero-order valence-corrected chi connectivity index (χ0v) is 9.80. The van der Waals surface area contributed by atoms with Crippen LogP contribution in [-0.4, -0.2) is 22.6 Å². The highest BCUT2D eigenvalue weighted by atomic mass is 16.5. The molecule has 0 saturated carbocycles. The first-order chi connectivity index (χ1) is 8.77. The number of nitrogens with zero attached hydrogens (tertiary/aromatic N) is 2. The first-order valence-corrected chi connectivity index (χ1v) is 5.61. The van der Waals surface area contributed by atoms with E-state index < -0.39 is 5.91 Å². The molecule has 1 amide bonds. The van der Waals surface area contributed by atoms with Gasteiger partial charge in [-0.2, -0.15) is 4.98 Å². The maximum absolute atomic E-state index is 11.2. The van der Waals surface area contributed by atoms with Crippen molar-refractivity contribution in [3.63, 3.8) is 0 Å². The normalized spacial score (nSPS) is 10.4. The molecule has 0 unspecified atom stereocenters. The van der Waals surface area contributed by atoms with Gasteiger partial charge in [0, 0.05) is 25.1 Å². The van der Waals surface area contributed by atoms with E-state index in [4.69, 9.17) is 10.3 Å². The van der Waals surface area contributed by atoms with Crippen molar-refractivity contribution in [2.45, 2.75) is 13.0 Å². The molecule has 6 nitrogen and oxygen atoms in total. The van der Waals surface area contributed by atoms with E-state index in [0.29, 0.717) is 31.0 Å². The molecule has 0 bridgehead atoms. The number of rotatable bonds is 6. The van der Waals surface area contributed by atoms with Crippen molar-refractivity contribution in [2.75, 3.05) is 6.54 Å². The summed E-state index contributed by atoms with van der Waals surface area (Å²) in [6, 6.07) is 7.26. The van der Waals surface area contributed by atoms with Crippen LogP contribution in [0, 0.1) is 0 Å². The van der Waals surface area contributed by atoms with Crippen molar-refractivity contribution in [2.24, 2.45) is 5.73 Å². The number of carbonyl (C=O) groups excluding carboxylic acids is 1. The average molecular weight is 246 g/mol. The maximum Gasteiger partial charge on any atom is 0.249 e. The Morgan fingerprint density at radius 2 is 2.22 bits per heavy atom. The summed E-state index contributed by atoms with van der Waals surface area (Å²) in [4.78, 5) is 15.1. The highest BCUT2D eigenvalue weighted by Crippen LogP contribution is 2.07. The zero-order chi connectivity index (χ0) is 12.8. The van der Waals surface area contributed by atoms with Crippen molar-refractivity contribution in [3.8, 4) is 0 Å². The summed E-state index contributed by atoms with van der Waals surface area (Å²) in [7, 11) is 0. The molecule has 1 aromatic heterocycles. The van der Waals surface area contributed by atoms with E-state index in [1.807, 2.05) is 12.1 Å². The fraction of sp³-hybridized carbons (Fsp3) is 0.250. The van der Waals surface area contributed by atoms with Crippen LogP contribution in [0.25, 0.3) is 0 Å². The van der Waals surface area contributed by atoms with Gasteiger partial charge in [0.05, 0.1) is 0 Å². The lowest BCUT2D eigenvalue weighted by Crippen LogP contribution is -2.20. The van der Waals surface area contributed by atoms with Gasteiger partial charge in [0.2, 0.25) is 11.8 Å². The summed E-state index contributed by atoms with van der Waals surface area (Å²) >= 11 is 0. The molecule has 6 heteroatoms. The van der Waals surface area contributed by atoms with Crippen LogP contribution in [0.1, 0.15) is 21.8 Å². The lowest BCUT2D eigenvalue weighted by molar-refractivity contribution is 0.0999. The van der Waals surface area contributed by atoms with Gasteiger partial charge < -0.3 is 15.6 Å². The van der Waals surface area contributed by atoms with E-state index >= 15 is 0 Å². The topological polar surface area (TPSA) is 94.0 Å². The molecule has 2 rings (SSSR count). The van der Waals surface area contributed by atoms with Crippen molar-refractivity contribution in [1.82, 2.24) is 15.5 Å². The molecule has 0 aliphatic heterocycles. The Bertz CT molecular complexity index is 511. The van der Waals surface area contributed by atoms with Crippen molar-refractivity contribution >= 4 is 5.91 Å². The van der Waals surface area contributed by atoms with Crippen LogP contribution >= 0.6 is 0 Å². The number of nitrogens with two attached hydrogens (primary N) is 1. The molecule has 2 aromatic rings. The molecule has 3 N–H and O–H groups in total. The Kier molecular flexibility index (Phi) is 4.03. The van der Waals surface area contributed by atoms with Gasteiger partial charge in [0.25, 0.3) is 0 Å². The van der Waals surface area contributed by atoms with Crippen LogP contribution in [0.3, 0.4) is 0 Å². The van der Waals surface area contributed by atoms with Gasteiger partial charge in [-0.15, -0.1) is 0 Å². The predicted octanol–water partition coefficient (Wildman–Crippen LogP) is 0.501. The third kappa shape index (κ3) is 3.14. The highest BCUT2D eigenvalue weighted by molar-refractivity contribution is 5.94. The fourth-order valence-electron chi connectivity index (χ4n) is 1.64. The van der Waals surface area contributed by atoms with Crippen LogP contribution in [0.4, 0.5) is 0 Å². The smallest absolute Gasteiger partial charge is 0.249 e. The van der Waals surface area contributed by atoms with Gasteiger partial charge in [-0.1, -0.05) is 23.4 Å². The molecule has 0 aliphatic carbocycles. The monoisotopic (exact) mass is 246 g/mol. The lowest BCUT2D eigenvalue weighted by Gasteiger charge is -2.07. The maximum atomic E-state index is 11.2. The molecule has 0 spiro atoms. The van der Waals surface area contributed by atoms with Crippen LogP contribution in [0.15, 0.2) is 35.1 Å². The summed E-state index contributed by atoms with van der Waals surface area (Å²) in [5.74, 6) is 0.176. The second kappa shape index (κ2) is 5.92. The van der Waals surface area contributed by atoms with Gasteiger partial charge in [-0.3, -0.25) is 4.79 Å². The van der Waals surface area contributed by atoms with E-state index in [1.165, 1.54) is 6.33 Å². The number of nitrogens with one attached hydrogen (secondary N) is 1. The van der Waals surface area contributed by atoms with E-state index in [1.54, 1.807) is 12.1 Å². The quantitative estimate of drug-likeness (QED) is 0.724. The Hall–Kier alpha value is -2.21. The molecule has 0 radical (unpaired) electrons. The largest absolute Gasteiger partial charge is 0.366 e. The van der Waals surface area contributed by atoms with Gasteiger partial charge in [-0.05, 0) is 11.6 Å². The lowest BCUT2D eigenvalue weighted by atomic mass is 10.1. The number of aromatic nitrogens is 2. The molecule has 0 saturated heterocycles. The minimum atomic E-state index is -0.413. The van der Waals surface area contributed by atoms with Gasteiger partial charge in [0.15, 0.2) is 6.33 Å². The number of primary amides is 1. The first-order valence-electron chi connectivity index (χ1n) is 5.61. The third-order valence-electron chi connectivity index (χ3n) is 2.52. The Morgan fingerprint density at radius 1 is 1.39 bits per heavy atom. The van der Waals surface area contributed by atoms with Crippen molar-refractivity contribution < 1.29 is 9.32 Å². The number of amides is 1. The SMILES string of the molecule is NC(=O)c1ccccc1CNCCc1ncno1. The van der Waals surface area contributed by atoms with Crippen LogP contribution in [0.5, 0.6) is 0 Å². The summed E-state index contributed by atoms with van der Waals surface area (Å²) in [6.07, 6.45) is 2.02. The molecular formula is C12H14N4O2. The van der Waals surface area contributed by atoms with E-state index in [9.17, 15) is 4.79 Å². The Balaban J connectivity index is 1.85. The molecule has 0 fully saturated rings. The van der Waals surface area contributed by atoms with Gasteiger partial charge in [-0.25, -0.2) is 0 Å². The van der Waals surface area contributed by atoms with Crippen LogP contribution in [0.2, 0.25) is 0 Å². The molecule has 18 heavy (non-hydrogen) atoms. The Morgan fingerprint density at radius 3 is 2.94 bits per heavy atom. The van der Waals surface area contributed by atoms with E-state index in [0.717, 1.165) is 5.56 Å². The number of benzene rings is 1. The molecule has 0 atom stereocenters. The highest BCUT2D eigenvalue weighted by Gasteiger charge is 2.06. The standard InChI is InChI=1S/C12H14N4O2/c13-12(17)10-4-2-1-3-9(10)7-14-6-5-11-15-8-16-18-11/h1-4,8,14H,5-7H2,(H2,13,17). The molecule has 94 valence electrons. The van der Waals surface area contributed by atoms with Crippen molar-refractivity contribution in [1.29, 1.82) is 0 Å². The summed E-state index contributed by atoms with van der Waals surface area (Å²) in [5.41, 5.74) is 6.72. The number of hydrogen-bond acceptors (Lipinski definition) is 5. The predicted molar refractivity (Wildman–Crippen MR) is 64.7 cm³/mol. The van der Waals surface area contributed by atoms with Crippen molar-refractivity contribution in [3.05, 3.63) is 47.6 Å². The number of carbonyl (C=O) groups is 1. The first kappa shape index (κ1) is 12.3. The van der Waals surface area contributed by atoms with E-state index in [2.05, 4.69) is 15.5 Å². The fourth-order valence-corrected chi connectivity index (χ4v) is 1.64.